The molecule has 0 saturated heterocycles. The predicted molar refractivity (Wildman–Crippen MR) is 122 cm³/mol. The van der Waals surface area contributed by atoms with E-state index in [0.717, 1.165) is 30.1 Å². The van der Waals surface area contributed by atoms with E-state index in [9.17, 15) is 0 Å². The van der Waals surface area contributed by atoms with Crippen molar-refractivity contribution in [3.8, 4) is 17.2 Å². The summed E-state index contributed by atoms with van der Waals surface area (Å²) >= 11 is 5.85. The number of rotatable bonds is 5. The fourth-order valence-corrected chi connectivity index (χ4v) is 4.22. The maximum absolute atomic E-state index is 5.85. The minimum Gasteiger partial charge on any atom is -0.495 e. The van der Waals surface area contributed by atoms with Crippen molar-refractivity contribution >= 4 is 23.0 Å². The van der Waals surface area contributed by atoms with Gasteiger partial charge in [0.25, 0.3) is 0 Å². The molecule has 4 rings (SSSR count). The Morgan fingerprint density at radius 1 is 0.900 bits per heavy atom. The lowest BCUT2D eigenvalue weighted by Crippen LogP contribution is -2.44. The average Bonchev–Trinajstić information content (AvgIpc) is 3.27. The van der Waals surface area contributed by atoms with Crippen molar-refractivity contribution in [2.24, 2.45) is 0 Å². The lowest BCUT2D eigenvalue weighted by molar-refractivity contribution is 0.291. The molecule has 1 atom stereocenters. The number of aromatic nitrogens is 1. The van der Waals surface area contributed by atoms with Gasteiger partial charge in [-0.1, -0.05) is 18.2 Å². The minimum atomic E-state index is -0.0525. The molecule has 156 valence electrons. The molecule has 2 aromatic carbocycles. The number of fused-ring (bicyclic) bond motifs is 1. The number of nitrogens with one attached hydrogen (secondary N) is 1. The highest BCUT2D eigenvalue weighted by atomic mass is 32.1. The van der Waals surface area contributed by atoms with E-state index >= 15 is 0 Å². The zero-order valence-electron chi connectivity index (χ0n) is 17.3. The summed E-state index contributed by atoms with van der Waals surface area (Å²) in [7, 11) is 4.95. The normalized spacial score (nSPS) is 15.3. The first-order chi connectivity index (χ1) is 14.7. The van der Waals surface area contributed by atoms with Crippen molar-refractivity contribution in [3.63, 3.8) is 0 Å². The summed E-state index contributed by atoms with van der Waals surface area (Å²) in [5.74, 6) is 2.15. The highest BCUT2D eigenvalue weighted by Crippen LogP contribution is 2.37. The first-order valence-electron chi connectivity index (χ1n) is 9.74. The molecule has 6 nitrogen and oxygen atoms in total. The Morgan fingerprint density at radius 2 is 1.67 bits per heavy atom. The summed E-state index contributed by atoms with van der Waals surface area (Å²) in [6, 6.07) is 17.9. The second kappa shape index (κ2) is 8.67. The molecule has 0 bridgehead atoms. The molecule has 0 aliphatic carbocycles. The second-order valence-corrected chi connectivity index (χ2v) is 7.35. The van der Waals surface area contributed by atoms with Gasteiger partial charge in [0.1, 0.15) is 5.75 Å². The lowest BCUT2D eigenvalue weighted by atomic mass is 9.99. The monoisotopic (exact) mass is 423 g/mol. The van der Waals surface area contributed by atoms with E-state index in [0.29, 0.717) is 16.6 Å². The number of para-hydroxylation sites is 2. The van der Waals surface area contributed by atoms with Crippen LogP contribution in [0, 0.1) is 0 Å². The van der Waals surface area contributed by atoms with Crippen LogP contribution in [0.3, 0.4) is 0 Å². The molecule has 2 heterocycles. The van der Waals surface area contributed by atoms with E-state index in [1.165, 1.54) is 5.69 Å². The summed E-state index contributed by atoms with van der Waals surface area (Å²) in [6.45, 7) is 1.64. The van der Waals surface area contributed by atoms with E-state index in [1.807, 2.05) is 36.4 Å². The van der Waals surface area contributed by atoms with Gasteiger partial charge in [0, 0.05) is 25.0 Å². The topological polar surface area (TPSA) is 47.9 Å². The summed E-state index contributed by atoms with van der Waals surface area (Å²) in [5, 5.41) is 4.02. The van der Waals surface area contributed by atoms with Gasteiger partial charge in [0.2, 0.25) is 0 Å². The van der Waals surface area contributed by atoms with Gasteiger partial charge in [-0.15, -0.1) is 0 Å². The maximum Gasteiger partial charge on any atom is 0.174 e. The first kappa shape index (κ1) is 20.1. The molecule has 0 radical (unpaired) electrons. The number of thiocarbonyl (C=S) groups is 1. The molecule has 1 N–H and O–H groups in total. The van der Waals surface area contributed by atoms with E-state index in [2.05, 4.69) is 39.2 Å². The van der Waals surface area contributed by atoms with Crippen molar-refractivity contribution in [2.75, 3.05) is 33.2 Å². The molecule has 0 saturated carbocycles. The van der Waals surface area contributed by atoms with Gasteiger partial charge in [-0.2, -0.15) is 0 Å². The Bertz CT molecular complexity index is 1050. The summed E-state index contributed by atoms with van der Waals surface area (Å²) in [4.78, 5) is 2.21. The summed E-state index contributed by atoms with van der Waals surface area (Å²) < 4.78 is 18.7. The molecule has 1 unspecified atom stereocenters. The molecule has 7 heteroatoms. The third kappa shape index (κ3) is 3.68. The van der Waals surface area contributed by atoms with Crippen molar-refractivity contribution in [2.45, 2.75) is 12.6 Å². The molecule has 1 aliphatic heterocycles. The average molecular weight is 424 g/mol. The molecular formula is C23H25N3O3S. The zero-order chi connectivity index (χ0) is 21.1. The molecule has 0 fully saturated rings. The smallest absolute Gasteiger partial charge is 0.174 e. The Balaban J connectivity index is 1.71. The van der Waals surface area contributed by atoms with Gasteiger partial charge < -0.3 is 29.0 Å². The van der Waals surface area contributed by atoms with Gasteiger partial charge in [-0.25, -0.2) is 0 Å². The van der Waals surface area contributed by atoms with Crippen LogP contribution in [0.1, 0.15) is 17.3 Å². The number of hydrogen-bond donors (Lipinski definition) is 1. The fourth-order valence-electron chi connectivity index (χ4n) is 3.91. The molecule has 1 aromatic heterocycles. The van der Waals surface area contributed by atoms with Gasteiger partial charge in [-0.3, -0.25) is 0 Å². The summed E-state index contributed by atoms with van der Waals surface area (Å²) in [6.07, 6.45) is 2.11. The number of hydrogen-bond acceptors (Lipinski definition) is 4. The number of ether oxygens (including phenoxy) is 3. The molecule has 3 aromatic rings. The van der Waals surface area contributed by atoms with E-state index < -0.39 is 0 Å². The van der Waals surface area contributed by atoms with Gasteiger partial charge in [0.05, 0.1) is 33.1 Å². The zero-order valence-corrected chi connectivity index (χ0v) is 18.1. The fraction of sp³-hybridized carbons (Fsp3) is 0.261. The number of benzene rings is 2. The standard InChI is InChI=1S/C23H25N3O3S/c1-27-19-9-5-4-7-17(19)24-23(30)26-14-13-25-12-6-8-18(25)22(26)16-10-11-20(28-2)21(15-16)29-3/h4-12,15,22H,13-14H2,1-3H3,(H,24,30). The van der Waals surface area contributed by atoms with Crippen LogP contribution in [0.15, 0.2) is 60.8 Å². The number of methoxy groups -OCH3 is 3. The van der Waals surface area contributed by atoms with Crippen molar-refractivity contribution < 1.29 is 14.2 Å². The largest absolute Gasteiger partial charge is 0.495 e. The number of nitrogens with zero attached hydrogens (tertiary/aromatic N) is 2. The van der Waals surface area contributed by atoms with Crippen molar-refractivity contribution in [3.05, 3.63) is 72.1 Å². The highest BCUT2D eigenvalue weighted by molar-refractivity contribution is 7.80. The van der Waals surface area contributed by atoms with Gasteiger partial charge in [0.15, 0.2) is 16.6 Å². The highest BCUT2D eigenvalue weighted by Gasteiger charge is 2.31. The van der Waals surface area contributed by atoms with Crippen LogP contribution in [-0.2, 0) is 6.54 Å². The molecule has 0 amide bonds. The van der Waals surface area contributed by atoms with Crippen LogP contribution in [0.2, 0.25) is 0 Å². The van der Waals surface area contributed by atoms with Crippen LogP contribution in [0.25, 0.3) is 0 Å². The van der Waals surface area contributed by atoms with E-state index in [4.69, 9.17) is 26.4 Å². The van der Waals surface area contributed by atoms with Gasteiger partial charge >= 0.3 is 0 Å². The summed E-state index contributed by atoms with van der Waals surface area (Å²) in [5.41, 5.74) is 3.10. The third-order valence-corrected chi connectivity index (χ3v) is 5.71. The lowest BCUT2D eigenvalue weighted by Gasteiger charge is -2.39. The second-order valence-electron chi connectivity index (χ2n) is 6.97. The molecule has 1 aliphatic rings. The minimum absolute atomic E-state index is 0.0525. The Labute approximate surface area is 182 Å². The third-order valence-electron chi connectivity index (χ3n) is 5.37. The SMILES string of the molecule is COc1ccccc1NC(=S)N1CCn2cccc2C1c1ccc(OC)c(OC)c1. The molecule has 30 heavy (non-hydrogen) atoms. The van der Waals surface area contributed by atoms with Crippen LogP contribution in [0.4, 0.5) is 5.69 Å². The predicted octanol–water partition coefficient (Wildman–Crippen LogP) is 4.32. The van der Waals surface area contributed by atoms with Crippen molar-refractivity contribution in [1.29, 1.82) is 0 Å². The number of anilines is 1. The van der Waals surface area contributed by atoms with Crippen LogP contribution in [-0.4, -0.2) is 42.5 Å². The van der Waals surface area contributed by atoms with E-state index in [-0.39, 0.29) is 6.04 Å². The molecular weight excluding hydrogens is 398 g/mol. The quantitative estimate of drug-likeness (QED) is 0.617. The first-order valence-corrected chi connectivity index (χ1v) is 10.1. The maximum atomic E-state index is 5.85. The molecule has 0 spiro atoms. The Hall–Kier alpha value is -3.19. The van der Waals surface area contributed by atoms with E-state index in [1.54, 1.807) is 21.3 Å². The Kier molecular flexibility index (Phi) is 5.81. The van der Waals surface area contributed by atoms with Crippen molar-refractivity contribution in [1.82, 2.24) is 9.47 Å². The van der Waals surface area contributed by atoms with Crippen LogP contribution >= 0.6 is 12.2 Å². The Morgan fingerprint density at radius 3 is 2.43 bits per heavy atom. The van der Waals surface area contributed by atoms with Crippen LogP contribution in [0.5, 0.6) is 17.2 Å². The van der Waals surface area contributed by atoms with Crippen LogP contribution < -0.4 is 19.5 Å². The van der Waals surface area contributed by atoms with Gasteiger partial charge in [-0.05, 0) is 54.2 Å².